The van der Waals surface area contributed by atoms with Gasteiger partial charge in [-0.15, -0.1) is 0 Å². The van der Waals surface area contributed by atoms with Gasteiger partial charge in [0, 0.05) is 12.2 Å². The number of carbonyl (C=O) groups is 1. The molecule has 0 saturated carbocycles. The number of anilines is 1. The molecule has 0 saturated heterocycles. The molecule has 0 unspecified atom stereocenters. The van der Waals surface area contributed by atoms with Crippen molar-refractivity contribution in [3.05, 3.63) is 71.8 Å². The molecule has 5 heteroatoms. The van der Waals surface area contributed by atoms with Crippen LogP contribution < -0.4 is 10.1 Å². The van der Waals surface area contributed by atoms with Gasteiger partial charge < -0.3 is 10.1 Å². The van der Waals surface area contributed by atoms with E-state index in [0.717, 1.165) is 22.1 Å². The number of likely N-dealkylation sites (N-methyl/N-ethyl adjacent to an activating group) is 1. The maximum Gasteiger partial charge on any atom is 0.238 e. The highest BCUT2D eigenvalue weighted by Gasteiger charge is 2.08. The zero-order chi connectivity index (χ0) is 19.2. The van der Waals surface area contributed by atoms with Gasteiger partial charge in [0.2, 0.25) is 5.91 Å². The smallest absolute Gasteiger partial charge is 0.238 e. The first kappa shape index (κ1) is 18.4. The fourth-order valence-corrected chi connectivity index (χ4v) is 2.94. The van der Waals surface area contributed by atoms with Gasteiger partial charge in [0.1, 0.15) is 5.75 Å². The molecule has 0 radical (unpaired) electrons. The molecule has 0 fully saturated rings. The van der Waals surface area contributed by atoms with E-state index < -0.39 is 0 Å². The first-order valence-corrected chi connectivity index (χ1v) is 8.62. The van der Waals surface area contributed by atoms with Crippen molar-refractivity contribution in [3.8, 4) is 11.8 Å². The third kappa shape index (κ3) is 4.84. The first-order chi connectivity index (χ1) is 13.1. The van der Waals surface area contributed by atoms with Gasteiger partial charge in [-0.2, -0.15) is 5.26 Å². The highest BCUT2D eigenvalue weighted by Crippen LogP contribution is 2.22. The normalized spacial score (nSPS) is 10.6. The highest BCUT2D eigenvalue weighted by molar-refractivity contribution is 5.92. The fourth-order valence-electron chi connectivity index (χ4n) is 2.94. The molecule has 27 heavy (non-hydrogen) atoms. The number of nitriles is 1. The highest BCUT2D eigenvalue weighted by atomic mass is 16.5. The Morgan fingerprint density at radius 2 is 1.78 bits per heavy atom. The van der Waals surface area contributed by atoms with E-state index in [1.54, 1.807) is 31.4 Å². The molecule has 0 atom stereocenters. The lowest BCUT2D eigenvalue weighted by atomic mass is 10.1. The fraction of sp³-hybridized carbons (Fsp3) is 0.182. The summed E-state index contributed by atoms with van der Waals surface area (Å²) < 4.78 is 5.25. The van der Waals surface area contributed by atoms with Crippen LogP contribution in [0.3, 0.4) is 0 Å². The molecule has 0 heterocycles. The van der Waals surface area contributed by atoms with Crippen molar-refractivity contribution in [1.29, 1.82) is 5.26 Å². The van der Waals surface area contributed by atoms with Gasteiger partial charge in [0.15, 0.2) is 0 Å². The largest absolute Gasteiger partial charge is 0.497 e. The van der Waals surface area contributed by atoms with E-state index in [4.69, 9.17) is 10.00 Å². The summed E-state index contributed by atoms with van der Waals surface area (Å²) in [6, 6.07) is 21.1. The number of hydrogen-bond acceptors (Lipinski definition) is 4. The van der Waals surface area contributed by atoms with Crippen LogP contribution in [0.2, 0.25) is 0 Å². The van der Waals surface area contributed by atoms with Crippen LogP contribution in [-0.4, -0.2) is 31.5 Å². The average molecular weight is 359 g/mol. The summed E-state index contributed by atoms with van der Waals surface area (Å²) in [5, 5.41) is 13.9. The molecule has 0 aliphatic rings. The molecule has 1 amide bonds. The first-order valence-electron chi connectivity index (χ1n) is 8.62. The Morgan fingerprint density at radius 3 is 2.48 bits per heavy atom. The summed E-state index contributed by atoms with van der Waals surface area (Å²) in [5.41, 5.74) is 2.40. The average Bonchev–Trinajstić information content (AvgIpc) is 2.68. The molecule has 3 rings (SSSR count). The number of carbonyl (C=O) groups excluding carboxylic acids is 1. The van der Waals surface area contributed by atoms with Crippen molar-refractivity contribution in [3.63, 3.8) is 0 Å². The lowest BCUT2D eigenvalue weighted by Crippen LogP contribution is -2.29. The van der Waals surface area contributed by atoms with Gasteiger partial charge in [-0.25, -0.2) is 0 Å². The Kier molecular flexibility index (Phi) is 5.70. The van der Waals surface area contributed by atoms with E-state index in [1.165, 1.54) is 0 Å². The molecule has 5 nitrogen and oxygen atoms in total. The minimum Gasteiger partial charge on any atom is -0.497 e. The van der Waals surface area contributed by atoms with Crippen molar-refractivity contribution in [2.45, 2.75) is 6.54 Å². The monoisotopic (exact) mass is 359 g/mol. The van der Waals surface area contributed by atoms with Crippen molar-refractivity contribution >= 4 is 22.4 Å². The summed E-state index contributed by atoms with van der Waals surface area (Å²) >= 11 is 0. The van der Waals surface area contributed by atoms with Crippen LogP contribution in [0.25, 0.3) is 10.8 Å². The number of rotatable bonds is 6. The van der Waals surface area contributed by atoms with E-state index in [2.05, 4.69) is 29.6 Å². The second kappa shape index (κ2) is 8.35. The Morgan fingerprint density at radius 1 is 1.07 bits per heavy atom. The summed E-state index contributed by atoms with van der Waals surface area (Å²) in [5.74, 6) is 0.750. The maximum atomic E-state index is 12.2. The predicted molar refractivity (Wildman–Crippen MR) is 107 cm³/mol. The van der Waals surface area contributed by atoms with Crippen LogP contribution in [0.15, 0.2) is 60.7 Å². The molecule has 0 aliphatic heterocycles. The quantitative estimate of drug-likeness (QED) is 0.727. The number of amides is 1. The Labute approximate surface area is 158 Å². The van der Waals surface area contributed by atoms with Crippen LogP contribution in [0.1, 0.15) is 11.1 Å². The summed E-state index contributed by atoms with van der Waals surface area (Å²) in [4.78, 5) is 14.2. The van der Waals surface area contributed by atoms with Crippen LogP contribution >= 0.6 is 0 Å². The molecule has 0 spiro atoms. The van der Waals surface area contributed by atoms with Gasteiger partial charge in [-0.3, -0.25) is 9.69 Å². The third-order valence-electron chi connectivity index (χ3n) is 4.28. The van der Waals surface area contributed by atoms with Gasteiger partial charge >= 0.3 is 0 Å². The molecular formula is C22H21N3O2. The minimum absolute atomic E-state index is 0.0901. The third-order valence-corrected chi connectivity index (χ3v) is 4.28. The number of ether oxygens (including phenoxy) is 1. The van der Waals surface area contributed by atoms with E-state index in [1.807, 2.05) is 30.1 Å². The van der Waals surface area contributed by atoms with Gasteiger partial charge in [0.05, 0.1) is 25.3 Å². The topological polar surface area (TPSA) is 65.4 Å². The summed E-state index contributed by atoms with van der Waals surface area (Å²) in [7, 11) is 3.57. The van der Waals surface area contributed by atoms with E-state index >= 15 is 0 Å². The molecule has 0 aromatic heterocycles. The van der Waals surface area contributed by atoms with Crippen molar-refractivity contribution in [1.82, 2.24) is 4.90 Å². The summed E-state index contributed by atoms with van der Waals surface area (Å²) in [6.45, 7) is 0.948. The van der Waals surface area contributed by atoms with Crippen LogP contribution in [0.4, 0.5) is 5.69 Å². The Balaban J connectivity index is 1.59. The lowest BCUT2D eigenvalue weighted by Gasteiger charge is -2.17. The van der Waals surface area contributed by atoms with E-state index in [0.29, 0.717) is 17.8 Å². The van der Waals surface area contributed by atoms with Crippen molar-refractivity contribution in [2.24, 2.45) is 0 Å². The van der Waals surface area contributed by atoms with E-state index in [-0.39, 0.29) is 12.5 Å². The number of benzene rings is 3. The van der Waals surface area contributed by atoms with Gasteiger partial charge in [0.25, 0.3) is 0 Å². The number of nitrogens with zero attached hydrogens (tertiary/aromatic N) is 2. The molecule has 0 bridgehead atoms. The van der Waals surface area contributed by atoms with Crippen molar-refractivity contribution in [2.75, 3.05) is 26.0 Å². The SMILES string of the molecule is COc1ccc2cc(CN(C)CC(=O)Nc3ccc(C#N)cc3)ccc2c1. The second-order valence-corrected chi connectivity index (χ2v) is 6.46. The lowest BCUT2D eigenvalue weighted by molar-refractivity contribution is -0.117. The van der Waals surface area contributed by atoms with E-state index in [9.17, 15) is 4.79 Å². The molecule has 0 aliphatic carbocycles. The van der Waals surface area contributed by atoms with Crippen molar-refractivity contribution < 1.29 is 9.53 Å². The molecule has 136 valence electrons. The Hall–Kier alpha value is -3.36. The number of methoxy groups -OCH3 is 1. The predicted octanol–water partition coefficient (Wildman–Crippen LogP) is 3.79. The molecular weight excluding hydrogens is 338 g/mol. The Bertz CT molecular complexity index is 991. The number of nitrogens with one attached hydrogen (secondary N) is 1. The maximum absolute atomic E-state index is 12.2. The van der Waals surface area contributed by atoms with Crippen LogP contribution in [-0.2, 0) is 11.3 Å². The van der Waals surface area contributed by atoms with Crippen LogP contribution in [0, 0.1) is 11.3 Å². The standard InChI is InChI=1S/C22H21N3O2/c1-25(15-22(26)24-20-8-4-16(13-23)5-9-20)14-17-3-6-19-12-21(27-2)10-7-18(19)11-17/h3-12H,14-15H2,1-2H3,(H,24,26). The zero-order valence-corrected chi connectivity index (χ0v) is 15.4. The van der Waals surface area contributed by atoms with Crippen LogP contribution in [0.5, 0.6) is 5.75 Å². The zero-order valence-electron chi connectivity index (χ0n) is 15.4. The molecule has 1 N–H and O–H groups in total. The van der Waals surface area contributed by atoms with Gasteiger partial charge in [-0.1, -0.05) is 18.2 Å². The summed E-state index contributed by atoms with van der Waals surface area (Å²) in [6.07, 6.45) is 0. The minimum atomic E-state index is -0.0901. The van der Waals surface area contributed by atoms with Gasteiger partial charge in [-0.05, 0) is 65.8 Å². The second-order valence-electron chi connectivity index (χ2n) is 6.46. The number of hydrogen-bond donors (Lipinski definition) is 1. The molecule has 3 aromatic rings. The number of fused-ring (bicyclic) bond motifs is 1. The molecule has 3 aromatic carbocycles.